The molecule has 0 unspecified atom stereocenters. The molecule has 0 saturated carbocycles. The molecule has 138 valence electrons. The third kappa shape index (κ3) is 4.68. The van der Waals surface area contributed by atoms with Crippen LogP contribution < -0.4 is 4.74 Å². The van der Waals surface area contributed by atoms with Crippen LogP contribution >= 0.6 is 0 Å². The molecule has 0 aliphatic heterocycles. The first-order valence-corrected chi connectivity index (χ1v) is 9.73. The molecule has 0 N–H and O–H groups in total. The van der Waals surface area contributed by atoms with Gasteiger partial charge in [0.05, 0.1) is 6.26 Å². The van der Waals surface area contributed by atoms with E-state index >= 15 is 0 Å². The normalized spacial score (nSPS) is 10.5. The molecular formula is C26H28O. The number of allylic oxidation sites excluding steroid dienone is 1. The van der Waals surface area contributed by atoms with Crippen LogP contribution in [0.15, 0.2) is 78.6 Å². The van der Waals surface area contributed by atoms with Crippen molar-refractivity contribution in [2.45, 2.75) is 40.5 Å². The summed E-state index contributed by atoms with van der Waals surface area (Å²) in [5.41, 5.74) is 8.51. The molecule has 0 aliphatic rings. The minimum absolute atomic E-state index is 0.887. The summed E-state index contributed by atoms with van der Waals surface area (Å²) in [6.07, 6.45) is 3.93. The Morgan fingerprint density at radius 1 is 0.704 bits per heavy atom. The van der Waals surface area contributed by atoms with Gasteiger partial charge in [-0.2, -0.15) is 0 Å². The lowest BCUT2D eigenvalue weighted by Gasteiger charge is -2.13. The molecule has 27 heavy (non-hydrogen) atoms. The molecule has 0 radical (unpaired) electrons. The summed E-state index contributed by atoms with van der Waals surface area (Å²) in [7, 11) is 0. The third-order valence-corrected chi connectivity index (χ3v) is 4.77. The third-order valence-electron chi connectivity index (χ3n) is 4.77. The van der Waals surface area contributed by atoms with E-state index in [0.717, 1.165) is 29.7 Å². The fraction of sp³-hybridized carbons (Fsp3) is 0.231. The van der Waals surface area contributed by atoms with Crippen molar-refractivity contribution in [3.63, 3.8) is 0 Å². The Kier molecular flexibility index (Phi) is 6.13. The molecule has 1 heteroatoms. The van der Waals surface area contributed by atoms with E-state index < -0.39 is 0 Å². The average molecular weight is 357 g/mol. The van der Waals surface area contributed by atoms with Crippen molar-refractivity contribution in [2.24, 2.45) is 0 Å². The van der Waals surface area contributed by atoms with E-state index in [9.17, 15) is 0 Å². The Balaban J connectivity index is 2.02. The molecule has 0 fully saturated rings. The Hall–Kier alpha value is -2.80. The van der Waals surface area contributed by atoms with Crippen molar-refractivity contribution >= 4 is 0 Å². The second-order valence-corrected chi connectivity index (χ2v) is 7.12. The number of rotatable bonds is 6. The van der Waals surface area contributed by atoms with E-state index in [0.29, 0.717) is 0 Å². The van der Waals surface area contributed by atoms with Gasteiger partial charge in [-0.3, -0.25) is 0 Å². The monoisotopic (exact) mass is 356 g/mol. The molecule has 0 aliphatic carbocycles. The van der Waals surface area contributed by atoms with Crippen molar-refractivity contribution in [3.05, 3.63) is 89.7 Å². The van der Waals surface area contributed by atoms with Gasteiger partial charge in [-0.1, -0.05) is 74.5 Å². The van der Waals surface area contributed by atoms with Crippen molar-refractivity contribution in [2.75, 3.05) is 0 Å². The molecule has 0 spiro atoms. The van der Waals surface area contributed by atoms with E-state index in [4.69, 9.17) is 4.74 Å². The lowest BCUT2D eigenvalue weighted by Crippen LogP contribution is -1.91. The summed E-state index contributed by atoms with van der Waals surface area (Å²) in [5.74, 6) is 0.887. The highest BCUT2D eigenvalue weighted by Gasteiger charge is 2.09. The van der Waals surface area contributed by atoms with Gasteiger partial charge in [0.25, 0.3) is 0 Å². The first-order valence-electron chi connectivity index (χ1n) is 9.73. The smallest absolute Gasteiger partial charge is 0.134 e. The molecule has 0 heterocycles. The SMILES string of the molecule is CCc1ccc(-c2ccc(-c3ccc(CC)cc3)c(OC=C(C)C)c2)cc1. The number of hydrogen-bond donors (Lipinski definition) is 0. The fourth-order valence-electron chi connectivity index (χ4n) is 3.07. The maximum Gasteiger partial charge on any atom is 0.134 e. The molecule has 0 aromatic heterocycles. The molecule has 3 rings (SSSR count). The Labute approximate surface area is 163 Å². The van der Waals surface area contributed by atoms with E-state index in [1.54, 1.807) is 0 Å². The zero-order chi connectivity index (χ0) is 19.2. The predicted octanol–water partition coefficient (Wildman–Crippen LogP) is 7.45. The van der Waals surface area contributed by atoms with E-state index in [1.165, 1.54) is 27.8 Å². The molecule has 0 bridgehead atoms. The first kappa shape index (κ1) is 19.0. The number of benzene rings is 3. The summed E-state index contributed by atoms with van der Waals surface area (Å²) in [4.78, 5) is 0. The second-order valence-electron chi connectivity index (χ2n) is 7.12. The highest BCUT2D eigenvalue weighted by atomic mass is 16.5. The van der Waals surface area contributed by atoms with Gasteiger partial charge < -0.3 is 4.74 Å². The predicted molar refractivity (Wildman–Crippen MR) is 116 cm³/mol. The van der Waals surface area contributed by atoms with Gasteiger partial charge in [0.15, 0.2) is 0 Å². The van der Waals surface area contributed by atoms with Crippen LogP contribution in [0.3, 0.4) is 0 Å². The van der Waals surface area contributed by atoms with Crippen LogP contribution in [0.1, 0.15) is 38.8 Å². The lowest BCUT2D eigenvalue weighted by molar-refractivity contribution is 0.478. The zero-order valence-electron chi connectivity index (χ0n) is 16.8. The number of hydrogen-bond acceptors (Lipinski definition) is 1. The van der Waals surface area contributed by atoms with Crippen LogP contribution in [0.4, 0.5) is 0 Å². The van der Waals surface area contributed by atoms with Crippen molar-refractivity contribution in [3.8, 4) is 28.0 Å². The Morgan fingerprint density at radius 2 is 1.22 bits per heavy atom. The molecule has 1 nitrogen and oxygen atoms in total. The molecule has 3 aromatic carbocycles. The van der Waals surface area contributed by atoms with Gasteiger partial charge >= 0.3 is 0 Å². The summed E-state index contributed by atoms with van der Waals surface area (Å²) in [6.45, 7) is 8.45. The maximum absolute atomic E-state index is 6.05. The van der Waals surface area contributed by atoms with E-state index in [2.05, 4.69) is 80.6 Å². The number of ether oxygens (including phenoxy) is 1. The highest BCUT2D eigenvalue weighted by Crippen LogP contribution is 2.35. The quantitative estimate of drug-likeness (QED) is 0.417. The maximum atomic E-state index is 6.05. The van der Waals surface area contributed by atoms with Crippen LogP contribution in [0, 0.1) is 0 Å². The standard InChI is InChI=1S/C26H28O/c1-5-20-7-11-22(12-8-20)24-15-16-25(26(17-24)27-18-19(3)4)23-13-9-21(6-2)10-14-23/h7-18H,5-6H2,1-4H3. The molecule has 0 saturated heterocycles. The lowest BCUT2D eigenvalue weighted by atomic mass is 9.97. The van der Waals surface area contributed by atoms with Gasteiger partial charge in [-0.05, 0) is 66.1 Å². The summed E-state index contributed by atoms with van der Waals surface area (Å²) < 4.78 is 6.05. The molecule has 3 aromatic rings. The topological polar surface area (TPSA) is 9.23 Å². The van der Waals surface area contributed by atoms with Gasteiger partial charge in [-0.15, -0.1) is 0 Å². The first-order chi connectivity index (χ1) is 13.1. The Morgan fingerprint density at radius 3 is 1.74 bits per heavy atom. The van der Waals surface area contributed by atoms with Crippen LogP contribution in [0.5, 0.6) is 5.75 Å². The van der Waals surface area contributed by atoms with Crippen molar-refractivity contribution < 1.29 is 4.74 Å². The minimum atomic E-state index is 0.887. The second kappa shape index (κ2) is 8.73. The zero-order valence-corrected chi connectivity index (χ0v) is 16.8. The minimum Gasteiger partial charge on any atom is -0.464 e. The van der Waals surface area contributed by atoms with Crippen molar-refractivity contribution in [1.82, 2.24) is 0 Å². The van der Waals surface area contributed by atoms with Crippen molar-refractivity contribution in [1.29, 1.82) is 0 Å². The van der Waals surface area contributed by atoms with Gasteiger partial charge in [0.1, 0.15) is 5.75 Å². The van der Waals surface area contributed by atoms with E-state index in [1.807, 2.05) is 20.1 Å². The van der Waals surface area contributed by atoms with Crippen LogP contribution in [-0.4, -0.2) is 0 Å². The Bertz CT molecular complexity index is 911. The largest absolute Gasteiger partial charge is 0.464 e. The highest BCUT2D eigenvalue weighted by molar-refractivity contribution is 5.76. The summed E-state index contributed by atoms with van der Waals surface area (Å²) in [5, 5.41) is 0. The van der Waals surface area contributed by atoms with Crippen LogP contribution in [0.25, 0.3) is 22.3 Å². The van der Waals surface area contributed by atoms with E-state index in [-0.39, 0.29) is 0 Å². The summed E-state index contributed by atoms with van der Waals surface area (Å²) in [6, 6.07) is 24.0. The van der Waals surface area contributed by atoms with Crippen LogP contribution in [0.2, 0.25) is 0 Å². The summed E-state index contributed by atoms with van der Waals surface area (Å²) >= 11 is 0. The van der Waals surface area contributed by atoms with Crippen LogP contribution in [-0.2, 0) is 12.8 Å². The average Bonchev–Trinajstić information content (AvgIpc) is 2.72. The molecular weight excluding hydrogens is 328 g/mol. The molecule has 0 amide bonds. The molecule has 0 atom stereocenters. The van der Waals surface area contributed by atoms with Gasteiger partial charge in [0.2, 0.25) is 0 Å². The van der Waals surface area contributed by atoms with Gasteiger partial charge in [0, 0.05) is 5.56 Å². The fourth-order valence-corrected chi connectivity index (χ4v) is 3.07. The van der Waals surface area contributed by atoms with Gasteiger partial charge in [-0.25, -0.2) is 0 Å². The number of aryl methyl sites for hydroxylation is 2.